The SMILES string of the molecule is CCOc1ccc(CC2C(=O)OC(C)(C)OC2=O)cc1. The molecule has 0 saturated carbocycles. The lowest BCUT2D eigenvalue weighted by molar-refractivity contribution is -0.239. The van der Waals surface area contributed by atoms with E-state index in [0.29, 0.717) is 6.61 Å². The molecule has 1 fully saturated rings. The molecule has 1 aliphatic rings. The first-order chi connectivity index (χ1) is 9.41. The van der Waals surface area contributed by atoms with Gasteiger partial charge in [0.2, 0.25) is 0 Å². The Hall–Kier alpha value is -2.04. The summed E-state index contributed by atoms with van der Waals surface area (Å²) in [4.78, 5) is 23.7. The van der Waals surface area contributed by atoms with Crippen LogP contribution in [0.5, 0.6) is 5.75 Å². The summed E-state index contributed by atoms with van der Waals surface area (Å²) in [5.41, 5.74) is 0.854. The highest BCUT2D eigenvalue weighted by Gasteiger charge is 2.42. The number of esters is 2. The van der Waals surface area contributed by atoms with Crippen LogP contribution in [0.3, 0.4) is 0 Å². The van der Waals surface area contributed by atoms with E-state index < -0.39 is 23.6 Å². The molecule has 0 amide bonds. The standard InChI is InChI=1S/C15H18O5/c1-4-18-11-7-5-10(6-8-11)9-12-13(16)19-15(2,3)20-14(12)17/h5-8,12H,4,9H2,1-3H3. The summed E-state index contributed by atoms with van der Waals surface area (Å²) < 4.78 is 15.5. The van der Waals surface area contributed by atoms with E-state index in [0.717, 1.165) is 11.3 Å². The highest BCUT2D eigenvalue weighted by atomic mass is 16.7. The predicted molar refractivity (Wildman–Crippen MR) is 71.1 cm³/mol. The monoisotopic (exact) mass is 278 g/mol. The number of ether oxygens (including phenoxy) is 3. The van der Waals surface area contributed by atoms with E-state index in [1.54, 1.807) is 0 Å². The zero-order chi connectivity index (χ0) is 14.8. The van der Waals surface area contributed by atoms with Gasteiger partial charge in [0, 0.05) is 13.8 Å². The van der Waals surface area contributed by atoms with E-state index in [-0.39, 0.29) is 6.42 Å². The normalized spacial score (nSPS) is 18.4. The summed E-state index contributed by atoms with van der Waals surface area (Å²) in [6, 6.07) is 7.27. The molecule has 0 spiro atoms. The summed E-state index contributed by atoms with van der Waals surface area (Å²) in [6.45, 7) is 5.57. The Morgan fingerprint density at radius 3 is 2.15 bits per heavy atom. The van der Waals surface area contributed by atoms with Crippen LogP contribution in [0, 0.1) is 5.92 Å². The molecule has 0 bridgehead atoms. The number of hydrogen-bond donors (Lipinski definition) is 0. The van der Waals surface area contributed by atoms with Crippen LogP contribution in [-0.4, -0.2) is 24.3 Å². The molecule has 1 aromatic carbocycles. The quantitative estimate of drug-likeness (QED) is 0.623. The van der Waals surface area contributed by atoms with Gasteiger partial charge in [-0.05, 0) is 31.0 Å². The van der Waals surface area contributed by atoms with Gasteiger partial charge in [-0.15, -0.1) is 0 Å². The van der Waals surface area contributed by atoms with Gasteiger partial charge in [-0.2, -0.15) is 0 Å². The molecule has 0 aliphatic carbocycles. The minimum absolute atomic E-state index is 0.264. The minimum Gasteiger partial charge on any atom is -0.494 e. The van der Waals surface area contributed by atoms with Crippen LogP contribution in [-0.2, 0) is 25.5 Å². The molecule has 0 N–H and O–H groups in total. The van der Waals surface area contributed by atoms with Gasteiger partial charge in [-0.25, -0.2) is 0 Å². The third-order valence-corrected chi connectivity index (χ3v) is 2.94. The van der Waals surface area contributed by atoms with Crippen molar-refractivity contribution in [3.05, 3.63) is 29.8 Å². The average molecular weight is 278 g/mol. The number of rotatable bonds is 4. The summed E-state index contributed by atoms with van der Waals surface area (Å²) in [7, 11) is 0. The van der Waals surface area contributed by atoms with Crippen LogP contribution >= 0.6 is 0 Å². The highest BCUT2D eigenvalue weighted by Crippen LogP contribution is 2.26. The average Bonchev–Trinajstić information content (AvgIpc) is 2.35. The van der Waals surface area contributed by atoms with Crippen LogP contribution < -0.4 is 4.74 Å². The van der Waals surface area contributed by atoms with Gasteiger partial charge in [0.05, 0.1) is 6.61 Å². The number of benzene rings is 1. The first kappa shape index (κ1) is 14.4. The molecule has 1 aromatic rings. The van der Waals surface area contributed by atoms with E-state index in [1.165, 1.54) is 13.8 Å². The summed E-state index contributed by atoms with van der Waals surface area (Å²) in [5.74, 6) is -2.41. The molecule has 2 rings (SSSR count). The van der Waals surface area contributed by atoms with Crippen LogP contribution in [0.15, 0.2) is 24.3 Å². The number of hydrogen-bond acceptors (Lipinski definition) is 5. The van der Waals surface area contributed by atoms with Gasteiger partial charge >= 0.3 is 11.9 Å². The molecule has 0 atom stereocenters. The molecule has 0 unspecified atom stereocenters. The summed E-state index contributed by atoms with van der Waals surface area (Å²) >= 11 is 0. The van der Waals surface area contributed by atoms with Gasteiger partial charge in [-0.3, -0.25) is 9.59 Å². The molecular weight excluding hydrogens is 260 g/mol. The topological polar surface area (TPSA) is 61.8 Å². The molecule has 5 nitrogen and oxygen atoms in total. The van der Waals surface area contributed by atoms with Crippen molar-refractivity contribution >= 4 is 11.9 Å². The fourth-order valence-electron chi connectivity index (χ4n) is 2.03. The lowest BCUT2D eigenvalue weighted by Gasteiger charge is -2.32. The predicted octanol–water partition coefficient (Wildman–Crippen LogP) is 2.08. The molecule has 20 heavy (non-hydrogen) atoms. The Kier molecular flexibility index (Phi) is 3.97. The third kappa shape index (κ3) is 3.29. The molecule has 0 radical (unpaired) electrons. The van der Waals surface area contributed by atoms with Crippen molar-refractivity contribution in [1.29, 1.82) is 0 Å². The van der Waals surface area contributed by atoms with Crippen molar-refractivity contribution < 1.29 is 23.8 Å². The van der Waals surface area contributed by atoms with Crippen LogP contribution in [0.1, 0.15) is 26.3 Å². The van der Waals surface area contributed by atoms with E-state index in [1.807, 2.05) is 31.2 Å². The van der Waals surface area contributed by atoms with Crippen molar-refractivity contribution in [2.45, 2.75) is 33.0 Å². The van der Waals surface area contributed by atoms with Crippen molar-refractivity contribution in [1.82, 2.24) is 0 Å². The minimum atomic E-state index is -1.18. The Morgan fingerprint density at radius 2 is 1.65 bits per heavy atom. The maximum atomic E-state index is 11.8. The largest absolute Gasteiger partial charge is 0.494 e. The molecule has 0 aromatic heterocycles. The van der Waals surface area contributed by atoms with E-state index in [2.05, 4.69) is 0 Å². The molecule has 5 heteroatoms. The van der Waals surface area contributed by atoms with E-state index >= 15 is 0 Å². The van der Waals surface area contributed by atoms with Crippen molar-refractivity contribution in [2.24, 2.45) is 5.92 Å². The zero-order valence-electron chi connectivity index (χ0n) is 11.8. The second-order valence-electron chi connectivity index (χ2n) is 5.08. The van der Waals surface area contributed by atoms with E-state index in [4.69, 9.17) is 14.2 Å². The lowest BCUT2D eigenvalue weighted by atomic mass is 9.98. The third-order valence-electron chi connectivity index (χ3n) is 2.94. The van der Waals surface area contributed by atoms with Gasteiger partial charge in [0.1, 0.15) is 5.75 Å². The molecule has 1 heterocycles. The van der Waals surface area contributed by atoms with Crippen LogP contribution in [0.2, 0.25) is 0 Å². The molecule has 1 saturated heterocycles. The van der Waals surface area contributed by atoms with Gasteiger partial charge < -0.3 is 14.2 Å². The second-order valence-corrected chi connectivity index (χ2v) is 5.08. The van der Waals surface area contributed by atoms with Gasteiger partial charge in [0.15, 0.2) is 5.92 Å². The van der Waals surface area contributed by atoms with E-state index in [9.17, 15) is 9.59 Å². The Morgan fingerprint density at radius 1 is 1.10 bits per heavy atom. The first-order valence-corrected chi connectivity index (χ1v) is 6.59. The van der Waals surface area contributed by atoms with Gasteiger partial charge in [-0.1, -0.05) is 12.1 Å². The van der Waals surface area contributed by atoms with Gasteiger partial charge in [0.25, 0.3) is 5.79 Å². The maximum absolute atomic E-state index is 11.8. The Bertz CT molecular complexity index is 484. The fraction of sp³-hybridized carbons (Fsp3) is 0.467. The lowest BCUT2D eigenvalue weighted by Crippen LogP contribution is -2.46. The zero-order valence-corrected chi connectivity index (χ0v) is 11.8. The molecular formula is C15H18O5. The Labute approximate surface area is 117 Å². The van der Waals surface area contributed by atoms with Crippen molar-refractivity contribution in [2.75, 3.05) is 6.61 Å². The molecule has 1 aliphatic heterocycles. The smallest absolute Gasteiger partial charge is 0.323 e. The number of carbonyl (C=O) groups is 2. The highest BCUT2D eigenvalue weighted by molar-refractivity contribution is 5.96. The first-order valence-electron chi connectivity index (χ1n) is 6.59. The van der Waals surface area contributed by atoms with Crippen molar-refractivity contribution in [3.8, 4) is 5.75 Å². The maximum Gasteiger partial charge on any atom is 0.323 e. The van der Waals surface area contributed by atoms with Crippen LogP contribution in [0.25, 0.3) is 0 Å². The van der Waals surface area contributed by atoms with Crippen molar-refractivity contribution in [3.63, 3.8) is 0 Å². The fourth-order valence-corrected chi connectivity index (χ4v) is 2.03. The van der Waals surface area contributed by atoms with Crippen LogP contribution in [0.4, 0.5) is 0 Å². The second kappa shape index (κ2) is 5.53. The number of cyclic esters (lactones) is 2. The summed E-state index contributed by atoms with van der Waals surface area (Å²) in [6.07, 6.45) is 0.264. The Balaban J connectivity index is 2.06. The summed E-state index contributed by atoms with van der Waals surface area (Å²) in [5, 5.41) is 0. The number of carbonyl (C=O) groups excluding carboxylic acids is 2. The molecule has 108 valence electrons.